The molecule has 4 nitrogen and oxygen atoms in total. The van der Waals surface area contributed by atoms with Crippen molar-refractivity contribution in [2.24, 2.45) is 0 Å². The van der Waals surface area contributed by atoms with Gasteiger partial charge in [0.15, 0.2) is 0 Å². The van der Waals surface area contributed by atoms with Crippen molar-refractivity contribution in [2.75, 3.05) is 20.1 Å². The summed E-state index contributed by atoms with van der Waals surface area (Å²) in [5, 5.41) is 3.37. The Morgan fingerprint density at radius 1 is 1.41 bits per heavy atom. The molecule has 0 radical (unpaired) electrons. The first-order chi connectivity index (χ1) is 8.13. The second kappa shape index (κ2) is 5.36. The minimum Gasteiger partial charge on any atom is -0.325 e. The van der Waals surface area contributed by atoms with E-state index in [2.05, 4.69) is 31.1 Å². The van der Waals surface area contributed by atoms with Crippen molar-refractivity contribution >= 4 is 5.91 Å². The Hall–Kier alpha value is -0.610. The van der Waals surface area contributed by atoms with E-state index in [0.717, 1.165) is 13.0 Å². The summed E-state index contributed by atoms with van der Waals surface area (Å²) in [6.07, 6.45) is 4.91. The summed E-state index contributed by atoms with van der Waals surface area (Å²) in [5.41, 5.74) is 0. The largest absolute Gasteiger partial charge is 0.325 e. The highest BCUT2D eigenvalue weighted by Gasteiger charge is 2.37. The summed E-state index contributed by atoms with van der Waals surface area (Å²) in [4.78, 5) is 16.6. The molecule has 1 N–H and O–H groups in total. The number of hydrogen-bond acceptors (Lipinski definition) is 3. The highest BCUT2D eigenvalue weighted by atomic mass is 16.2. The van der Waals surface area contributed by atoms with Gasteiger partial charge in [0.2, 0.25) is 5.91 Å². The Balaban J connectivity index is 1.95. The van der Waals surface area contributed by atoms with Crippen LogP contribution in [-0.2, 0) is 4.79 Å². The number of piperidine rings is 1. The van der Waals surface area contributed by atoms with Crippen molar-refractivity contribution in [3.63, 3.8) is 0 Å². The van der Waals surface area contributed by atoms with Gasteiger partial charge in [-0.05, 0) is 39.8 Å². The third-order valence-corrected chi connectivity index (χ3v) is 4.23. The predicted molar refractivity (Wildman–Crippen MR) is 68.7 cm³/mol. The molecule has 2 rings (SSSR count). The van der Waals surface area contributed by atoms with Gasteiger partial charge in [-0.25, -0.2) is 0 Å². The minimum atomic E-state index is 0.0406. The quantitative estimate of drug-likeness (QED) is 0.799. The molecule has 0 aromatic carbocycles. The number of nitrogens with one attached hydrogen (secondary N) is 1. The molecule has 0 saturated carbocycles. The zero-order chi connectivity index (χ0) is 12.4. The molecule has 0 bridgehead atoms. The van der Waals surface area contributed by atoms with E-state index < -0.39 is 0 Å². The van der Waals surface area contributed by atoms with E-state index >= 15 is 0 Å². The number of likely N-dealkylation sites (N-methyl/N-ethyl adjacent to an activating group) is 1. The molecule has 2 saturated heterocycles. The number of hydrogen-bond donors (Lipinski definition) is 1. The summed E-state index contributed by atoms with van der Waals surface area (Å²) in [7, 11) is 2.18. The van der Waals surface area contributed by atoms with Gasteiger partial charge in [-0.1, -0.05) is 13.3 Å². The summed E-state index contributed by atoms with van der Waals surface area (Å²) >= 11 is 0. The number of rotatable bonds is 3. The molecule has 2 fully saturated rings. The van der Waals surface area contributed by atoms with Gasteiger partial charge in [-0.3, -0.25) is 10.1 Å². The van der Waals surface area contributed by atoms with Gasteiger partial charge in [0.1, 0.15) is 0 Å². The van der Waals surface area contributed by atoms with Gasteiger partial charge in [0.05, 0.1) is 12.2 Å². The van der Waals surface area contributed by atoms with Crippen LogP contribution in [-0.4, -0.2) is 54.1 Å². The number of carbonyl (C=O) groups excluding carboxylic acids is 1. The molecule has 0 aliphatic carbocycles. The second-order valence-electron chi connectivity index (χ2n) is 5.42. The first kappa shape index (κ1) is 12.8. The monoisotopic (exact) mass is 239 g/mol. The van der Waals surface area contributed by atoms with Crippen molar-refractivity contribution in [2.45, 2.75) is 57.8 Å². The Morgan fingerprint density at radius 3 is 2.76 bits per heavy atom. The number of likely N-dealkylation sites (tertiary alicyclic amines) is 1. The molecule has 2 aliphatic rings. The average molecular weight is 239 g/mol. The summed E-state index contributed by atoms with van der Waals surface area (Å²) < 4.78 is 0. The predicted octanol–water partition coefficient (Wildman–Crippen LogP) is 1.03. The Labute approximate surface area is 104 Å². The standard InChI is InChI=1S/C13H25N3O/c1-4-12-13(17)16(10(2)14-12)9-11-7-5-6-8-15(11)3/h10-12,14H,4-9H2,1-3H3. The van der Waals surface area contributed by atoms with Gasteiger partial charge in [0.25, 0.3) is 0 Å². The van der Waals surface area contributed by atoms with Crippen molar-refractivity contribution < 1.29 is 4.79 Å². The fourth-order valence-corrected chi connectivity index (χ4v) is 2.99. The van der Waals surface area contributed by atoms with Crippen LogP contribution >= 0.6 is 0 Å². The fourth-order valence-electron chi connectivity index (χ4n) is 2.99. The fraction of sp³-hybridized carbons (Fsp3) is 0.923. The summed E-state index contributed by atoms with van der Waals surface area (Å²) in [6.45, 7) is 6.22. The Bertz CT molecular complexity index is 282. The van der Waals surface area contributed by atoms with Crippen LogP contribution in [0.3, 0.4) is 0 Å². The molecule has 1 amide bonds. The van der Waals surface area contributed by atoms with E-state index in [9.17, 15) is 4.79 Å². The van der Waals surface area contributed by atoms with Crippen LogP contribution < -0.4 is 5.32 Å². The van der Waals surface area contributed by atoms with Crippen LogP contribution in [0.15, 0.2) is 0 Å². The average Bonchev–Trinajstić information content (AvgIpc) is 2.59. The topological polar surface area (TPSA) is 35.6 Å². The van der Waals surface area contributed by atoms with E-state index in [0.29, 0.717) is 11.9 Å². The second-order valence-corrected chi connectivity index (χ2v) is 5.42. The smallest absolute Gasteiger partial charge is 0.241 e. The summed E-state index contributed by atoms with van der Waals surface area (Å²) in [5.74, 6) is 0.291. The van der Waals surface area contributed by atoms with Gasteiger partial charge in [-0.2, -0.15) is 0 Å². The van der Waals surface area contributed by atoms with Gasteiger partial charge < -0.3 is 9.80 Å². The van der Waals surface area contributed by atoms with Gasteiger partial charge in [0, 0.05) is 12.6 Å². The molecule has 4 heteroatoms. The third kappa shape index (κ3) is 2.63. The number of carbonyl (C=O) groups is 1. The first-order valence-electron chi connectivity index (χ1n) is 6.90. The molecule has 2 aliphatic heterocycles. The maximum absolute atomic E-state index is 12.2. The lowest BCUT2D eigenvalue weighted by Gasteiger charge is -2.36. The molecule has 0 aromatic rings. The molecule has 3 atom stereocenters. The van der Waals surface area contributed by atoms with E-state index in [-0.39, 0.29) is 12.2 Å². The van der Waals surface area contributed by atoms with Crippen molar-refractivity contribution in [3.05, 3.63) is 0 Å². The summed E-state index contributed by atoms with van der Waals surface area (Å²) in [6, 6.07) is 0.589. The van der Waals surface area contributed by atoms with Crippen LogP contribution in [0, 0.1) is 0 Å². The zero-order valence-electron chi connectivity index (χ0n) is 11.3. The van der Waals surface area contributed by atoms with E-state index in [4.69, 9.17) is 0 Å². The van der Waals surface area contributed by atoms with Crippen molar-refractivity contribution in [3.8, 4) is 0 Å². The van der Waals surface area contributed by atoms with E-state index in [1.165, 1.54) is 25.8 Å². The van der Waals surface area contributed by atoms with Crippen molar-refractivity contribution in [1.29, 1.82) is 0 Å². The third-order valence-electron chi connectivity index (χ3n) is 4.23. The normalized spacial score (nSPS) is 35.6. The maximum Gasteiger partial charge on any atom is 0.241 e. The lowest BCUT2D eigenvalue weighted by Crippen LogP contribution is -2.47. The Kier molecular flexibility index (Phi) is 4.05. The SMILES string of the molecule is CCC1NC(C)N(CC2CCCCN2C)C1=O. The molecule has 0 spiro atoms. The molecule has 2 heterocycles. The lowest BCUT2D eigenvalue weighted by atomic mass is 10.0. The molecule has 98 valence electrons. The molecule has 17 heavy (non-hydrogen) atoms. The van der Waals surface area contributed by atoms with Crippen LogP contribution in [0.2, 0.25) is 0 Å². The first-order valence-corrected chi connectivity index (χ1v) is 6.90. The highest BCUT2D eigenvalue weighted by Crippen LogP contribution is 2.20. The van der Waals surface area contributed by atoms with Crippen LogP contribution in [0.1, 0.15) is 39.5 Å². The number of nitrogens with zero attached hydrogens (tertiary/aromatic N) is 2. The van der Waals surface area contributed by atoms with Gasteiger partial charge >= 0.3 is 0 Å². The van der Waals surface area contributed by atoms with Crippen LogP contribution in [0.25, 0.3) is 0 Å². The molecular weight excluding hydrogens is 214 g/mol. The highest BCUT2D eigenvalue weighted by molar-refractivity contribution is 5.84. The van der Waals surface area contributed by atoms with Crippen LogP contribution in [0.5, 0.6) is 0 Å². The Morgan fingerprint density at radius 2 is 2.18 bits per heavy atom. The maximum atomic E-state index is 12.2. The minimum absolute atomic E-state index is 0.0406. The number of amides is 1. The molecule has 0 aromatic heterocycles. The molecular formula is C13H25N3O. The van der Waals surface area contributed by atoms with Crippen molar-refractivity contribution in [1.82, 2.24) is 15.1 Å². The van der Waals surface area contributed by atoms with Crippen LogP contribution in [0.4, 0.5) is 0 Å². The van der Waals surface area contributed by atoms with E-state index in [1.54, 1.807) is 0 Å². The zero-order valence-corrected chi connectivity index (χ0v) is 11.3. The molecule has 3 unspecified atom stereocenters. The van der Waals surface area contributed by atoms with E-state index in [1.807, 2.05) is 4.90 Å². The van der Waals surface area contributed by atoms with Gasteiger partial charge in [-0.15, -0.1) is 0 Å². The lowest BCUT2D eigenvalue weighted by molar-refractivity contribution is -0.130.